The SMILES string of the molecule is CCOc1ccc(C2c3cccn3CCN2C(=S)Nc2ccc(I)cc2)cc1. The number of hydrogen-bond donors (Lipinski definition) is 1. The van der Waals surface area contributed by atoms with Crippen LogP contribution >= 0.6 is 34.8 Å². The highest BCUT2D eigenvalue weighted by atomic mass is 127. The molecule has 1 aliphatic heterocycles. The number of anilines is 1. The molecule has 0 radical (unpaired) electrons. The molecule has 1 aromatic heterocycles. The molecule has 0 aliphatic carbocycles. The summed E-state index contributed by atoms with van der Waals surface area (Å²) in [5, 5.41) is 4.16. The second-order valence-electron chi connectivity index (χ2n) is 6.66. The van der Waals surface area contributed by atoms with Crippen molar-refractivity contribution < 1.29 is 4.74 Å². The van der Waals surface area contributed by atoms with Crippen LogP contribution in [0.2, 0.25) is 0 Å². The van der Waals surface area contributed by atoms with Gasteiger partial charge in [-0.05, 0) is 95.8 Å². The number of hydrogen-bond acceptors (Lipinski definition) is 2. The van der Waals surface area contributed by atoms with Gasteiger partial charge < -0.3 is 19.5 Å². The van der Waals surface area contributed by atoms with Crippen molar-refractivity contribution in [2.75, 3.05) is 18.5 Å². The Morgan fingerprint density at radius 1 is 1.11 bits per heavy atom. The summed E-state index contributed by atoms with van der Waals surface area (Å²) in [7, 11) is 0. The first-order valence-electron chi connectivity index (χ1n) is 9.36. The highest BCUT2D eigenvalue weighted by Crippen LogP contribution is 2.33. The normalized spacial score (nSPS) is 15.8. The van der Waals surface area contributed by atoms with E-state index in [4.69, 9.17) is 17.0 Å². The average molecular weight is 503 g/mol. The Balaban J connectivity index is 1.63. The smallest absolute Gasteiger partial charge is 0.174 e. The van der Waals surface area contributed by atoms with Crippen LogP contribution in [0.3, 0.4) is 0 Å². The van der Waals surface area contributed by atoms with Crippen LogP contribution in [0.4, 0.5) is 5.69 Å². The largest absolute Gasteiger partial charge is 0.494 e. The van der Waals surface area contributed by atoms with Crippen molar-refractivity contribution in [3.8, 4) is 5.75 Å². The standard InChI is InChI=1S/C22H22IN3OS/c1-2-27-19-11-5-16(6-12-19)21-20-4-3-13-25(20)14-15-26(21)22(28)24-18-9-7-17(23)8-10-18/h3-13,21H,2,14-15H2,1H3,(H,24,28). The van der Waals surface area contributed by atoms with Crippen molar-refractivity contribution >= 4 is 45.6 Å². The molecule has 6 heteroatoms. The summed E-state index contributed by atoms with van der Waals surface area (Å²) in [6.07, 6.45) is 2.14. The van der Waals surface area contributed by atoms with Crippen LogP contribution in [-0.2, 0) is 6.54 Å². The Hall–Kier alpha value is -2.06. The van der Waals surface area contributed by atoms with Crippen molar-refractivity contribution in [3.05, 3.63) is 81.7 Å². The van der Waals surface area contributed by atoms with Gasteiger partial charge in [0.2, 0.25) is 0 Å². The van der Waals surface area contributed by atoms with Gasteiger partial charge in [0.15, 0.2) is 5.11 Å². The Kier molecular flexibility index (Phi) is 5.87. The minimum Gasteiger partial charge on any atom is -0.494 e. The third-order valence-electron chi connectivity index (χ3n) is 4.90. The Morgan fingerprint density at radius 2 is 1.86 bits per heavy atom. The third kappa shape index (κ3) is 4.03. The van der Waals surface area contributed by atoms with Crippen molar-refractivity contribution in [1.29, 1.82) is 0 Å². The number of fused-ring (bicyclic) bond motifs is 1. The summed E-state index contributed by atoms with van der Waals surface area (Å²) < 4.78 is 9.12. The topological polar surface area (TPSA) is 29.4 Å². The van der Waals surface area contributed by atoms with Gasteiger partial charge in [-0.3, -0.25) is 0 Å². The predicted octanol–water partition coefficient (Wildman–Crippen LogP) is 5.29. The van der Waals surface area contributed by atoms with Crippen LogP contribution in [-0.4, -0.2) is 27.7 Å². The molecule has 0 saturated heterocycles. The summed E-state index contributed by atoms with van der Waals surface area (Å²) in [5.74, 6) is 0.892. The molecule has 0 bridgehead atoms. The van der Waals surface area contributed by atoms with Crippen molar-refractivity contribution in [2.24, 2.45) is 0 Å². The molecule has 1 aliphatic rings. The summed E-state index contributed by atoms with van der Waals surface area (Å²) >= 11 is 8.12. The van der Waals surface area contributed by atoms with E-state index in [9.17, 15) is 0 Å². The van der Waals surface area contributed by atoms with Gasteiger partial charge in [0.25, 0.3) is 0 Å². The van der Waals surface area contributed by atoms with Crippen LogP contribution < -0.4 is 10.1 Å². The first-order valence-corrected chi connectivity index (χ1v) is 10.9. The minimum absolute atomic E-state index is 0.0725. The van der Waals surface area contributed by atoms with E-state index in [1.165, 1.54) is 14.8 Å². The number of benzene rings is 2. The fraction of sp³-hybridized carbons (Fsp3) is 0.227. The predicted molar refractivity (Wildman–Crippen MR) is 126 cm³/mol. The minimum atomic E-state index is 0.0725. The molecule has 1 atom stereocenters. The third-order valence-corrected chi connectivity index (χ3v) is 5.96. The molecule has 0 amide bonds. The lowest BCUT2D eigenvalue weighted by atomic mass is 10.00. The zero-order chi connectivity index (χ0) is 19.5. The van der Waals surface area contributed by atoms with E-state index < -0.39 is 0 Å². The molecule has 0 fully saturated rings. The molecular formula is C22H22IN3OS. The average Bonchev–Trinajstić information content (AvgIpc) is 3.19. The van der Waals surface area contributed by atoms with Gasteiger partial charge in [-0.1, -0.05) is 12.1 Å². The highest BCUT2D eigenvalue weighted by molar-refractivity contribution is 14.1. The molecular weight excluding hydrogens is 481 g/mol. The molecule has 1 unspecified atom stereocenters. The van der Waals surface area contributed by atoms with E-state index in [0.29, 0.717) is 6.61 Å². The zero-order valence-corrected chi connectivity index (χ0v) is 18.6. The second-order valence-corrected chi connectivity index (χ2v) is 8.29. The Morgan fingerprint density at radius 3 is 2.57 bits per heavy atom. The van der Waals surface area contributed by atoms with Gasteiger partial charge in [-0.25, -0.2) is 0 Å². The van der Waals surface area contributed by atoms with E-state index in [1.807, 2.05) is 19.1 Å². The Labute approximate surface area is 184 Å². The molecule has 28 heavy (non-hydrogen) atoms. The number of nitrogens with zero attached hydrogens (tertiary/aromatic N) is 2. The zero-order valence-electron chi connectivity index (χ0n) is 15.6. The molecule has 2 aromatic carbocycles. The van der Waals surface area contributed by atoms with Gasteiger partial charge in [0.1, 0.15) is 5.75 Å². The fourth-order valence-electron chi connectivity index (χ4n) is 3.59. The maximum atomic E-state index is 5.82. The van der Waals surface area contributed by atoms with Gasteiger partial charge >= 0.3 is 0 Å². The van der Waals surface area contributed by atoms with Gasteiger partial charge in [0.05, 0.1) is 12.6 Å². The fourth-order valence-corrected chi connectivity index (χ4v) is 4.27. The van der Waals surface area contributed by atoms with Crippen LogP contribution in [0.25, 0.3) is 0 Å². The van der Waals surface area contributed by atoms with Crippen LogP contribution in [0.5, 0.6) is 5.75 Å². The lowest BCUT2D eigenvalue weighted by Gasteiger charge is -2.39. The van der Waals surface area contributed by atoms with Crippen molar-refractivity contribution in [2.45, 2.75) is 19.5 Å². The Bertz CT molecular complexity index is 953. The molecule has 0 saturated carbocycles. The van der Waals surface area contributed by atoms with Gasteiger partial charge in [-0.15, -0.1) is 0 Å². The second kappa shape index (κ2) is 8.53. The molecule has 144 valence electrons. The van der Waals surface area contributed by atoms with Crippen molar-refractivity contribution in [1.82, 2.24) is 9.47 Å². The number of ether oxygens (including phenoxy) is 1. The van der Waals surface area contributed by atoms with E-state index in [1.54, 1.807) is 0 Å². The maximum absolute atomic E-state index is 5.82. The van der Waals surface area contributed by atoms with Crippen molar-refractivity contribution in [3.63, 3.8) is 0 Å². The summed E-state index contributed by atoms with van der Waals surface area (Å²) in [6.45, 7) is 4.44. The van der Waals surface area contributed by atoms with Crippen LogP contribution in [0.15, 0.2) is 66.9 Å². The molecule has 0 spiro atoms. The molecule has 2 heterocycles. The summed E-state index contributed by atoms with van der Waals surface area (Å²) in [6, 6.07) is 21.0. The number of nitrogens with one attached hydrogen (secondary N) is 1. The lowest BCUT2D eigenvalue weighted by molar-refractivity contribution is 0.293. The quantitative estimate of drug-likeness (QED) is 0.387. The monoisotopic (exact) mass is 503 g/mol. The van der Waals surface area contributed by atoms with E-state index in [-0.39, 0.29) is 6.04 Å². The summed E-state index contributed by atoms with van der Waals surface area (Å²) in [4.78, 5) is 2.28. The van der Waals surface area contributed by atoms with E-state index >= 15 is 0 Å². The first kappa shape index (κ1) is 19.3. The molecule has 4 rings (SSSR count). The highest BCUT2D eigenvalue weighted by Gasteiger charge is 2.30. The lowest BCUT2D eigenvalue weighted by Crippen LogP contribution is -2.44. The number of halogens is 1. The van der Waals surface area contributed by atoms with Crippen LogP contribution in [0.1, 0.15) is 24.2 Å². The van der Waals surface area contributed by atoms with E-state index in [2.05, 4.69) is 92.1 Å². The maximum Gasteiger partial charge on any atom is 0.174 e. The number of rotatable bonds is 4. The van der Waals surface area contributed by atoms with Crippen LogP contribution in [0, 0.1) is 3.57 Å². The first-order chi connectivity index (χ1) is 13.7. The van der Waals surface area contributed by atoms with Gasteiger partial charge in [0, 0.05) is 34.2 Å². The van der Waals surface area contributed by atoms with E-state index in [0.717, 1.165) is 29.6 Å². The molecule has 4 nitrogen and oxygen atoms in total. The molecule has 3 aromatic rings. The summed E-state index contributed by atoms with van der Waals surface area (Å²) in [5.41, 5.74) is 3.47. The van der Waals surface area contributed by atoms with Gasteiger partial charge in [-0.2, -0.15) is 0 Å². The number of aromatic nitrogens is 1. The molecule has 1 N–H and O–H groups in total. The number of thiocarbonyl (C=S) groups is 1.